The second-order valence-electron chi connectivity index (χ2n) is 7.23. The van der Waals surface area contributed by atoms with Crippen LogP contribution in [-0.4, -0.2) is 23.4 Å². The minimum absolute atomic E-state index is 0.344. The van der Waals surface area contributed by atoms with Gasteiger partial charge < -0.3 is 9.64 Å². The Bertz CT molecular complexity index is 1030. The summed E-state index contributed by atoms with van der Waals surface area (Å²) >= 11 is 5.95. The summed E-state index contributed by atoms with van der Waals surface area (Å²) < 4.78 is 5.96. The Morgan fingerprint density at radius 1 is 0.933 bits per heavy atom. The lowest BCUT2D eigenvalue weighted by atomic mass is 9.97. The average molecular weight is 419 g/mol. The van der Waals surface area contributed by atoms with Crippen LogP contribution in [0.15, 0.2) is 77.8 Å². The zero-order valence-corrected chi connectivity index (χ0v) is 17.6. The van der Waals surface area contributed by atoms with Gasteiger partial charge in [-0.3, -0.25) is 4.79 Å². The SMILES string of the molecule is CCCOC(=NC(=O)c1ccc(Cl)cc1)N1Cc2ccccc2-c2ccccc2C1. The van der Waals surface area contributed by atoms with E-state index in [4.69, 9.17) is 16.3 Å². The predicted molar refractivity (Wildman–Crippen MR) is 121 cm³/mol. The van der Waals surface area contributed by atoms with Crippen LogP contribution in [0, 0.1) is 0 Å². The summed E-state index contributed by atoms with van der Waals surface area (Å²) in [5, 5.41) is 0.582. The monoisotopic (exact) mass is 418 g/mol. The van der Waals surface area contributed by atoms with Crippen molar-refractivity contribution in [3.63, 3.8) is 0 Å². The summed E-state index contributed by atoms with van der Waals surface area (Å²) in [6.07, 6.45) is 0.829. The van der Waals surface area contributed by atoms with E-state index in [0.29, 0.717) is 36.3 Å². The topological polar surface area (TPSA) is 41.9 Å². The number of hydrogen-bond donors (Lipinski definition) is 0. The quantitative estimate of drug-likeness (QED) is 0.390. The molecule has 0 saturated heterocycles. The molecular weight excluding hydrogens is 396 g/mol. The largest absolute Gasteiger partial charge is 0.465 e. The minimum Gasteiger partial charge on any atom is -0.465 e. The van der Waals surface area contributed by atoms with Gasteiger partial charge in [0, 0.05) is 23.7 Å². The van der Waals surface area contributed by atoms with E-state index < -0.39 is 0 Å². The Balaban J connectivity index is 1.72. The number of carbonyl (C=O) groups excluding carboxylic acids is 1. The summed E-state index contributed by atoms with van der Waals surface area (Å²) in [5.41, 5.74) is 5.24. The molecule has 152 valence electrons. The van der Waals surface area contributed by atoms with Gasteiger partial charge in [0.05, 0.1) is 6.61 Å². The minimum atomic E-state index is -0.344. The molecule has 30 heavy (non-hydrogen) atoms. The Labute approximate surface area is 181 Å². The maximum atomic E-state index is 12.8. The first-order valence-electron chi connectivity index (χ1n) is 10.1. The normalized spacial score (nSPS) is 13.3. The van der Waals surface area contributed by atoms with Crippen LogP contribution in [0.4, 0.5) is 0 Å². The molecule has 0 fully saturated rings. The van der Waals surface area contributed by atoms with Crippen molar-refractivity contribution in [2.45, 2.75) is 26.4 Å². The third-order valence-electron chi connectivity index (χ3n) is 5.04. The Hall–Kier alpha value is -3.11. The van der Waals surface area contributed by atoms with E-state index in [9.17, 15) is 4.79 Å². The second-order valence-corrected chi connectivity index (χ2v) is 7.66. The van der Waals surface area contributed by atoms with E-state index in [1.807, 2.05) is 24.0 Å². The van der Waals surface area contributed by atoms with E-state index in [2.05, 4.69) is 41.4 Å². The molecule has 3 aromatic carbocycles. The first kappa shape index (κ1) is 20.2. The van der Waals surface area contributed by atoms with Gasteiger partial charge in [-0.15, -0.1) is 0 Å². The molecule has 0 saturated carbocycles. The Kier molecular flexibility index (Phi) is 6.15. The molecule has 5 heteroatoms. The van der Waals surface area contributed by atoms with Crippen LogP contribution in [0.25, 0.3) is 11.1 Å². The van der Waals surface area contributed by atoms with Crippen molar-refractivity contribution < 1.29 is 9.53 Å². The number of nitrogens with zero attached hydrogens (tertiary/aromatic N) is 2. The highest BCUT2D eigenvalue weighted by molar-refractivity contribution is 6.30. The molecule has 4 nitrogen and oxygen atoms in total. The van der Waals surface area contributed by atoms with Crippen LogP contribution in [0.2, 0.25) is 5.02 Å². The molecule has 0 atom stereocenters. The molecule has 3 aromatic rings. The average Bonchev–Trinajstić information content (AvgIpc) is 2.94. The first-order chi connectivity index (χ1) is 14.7. The standard InChI is InChI=1S/C25H23ClN2O2/c1-2-15-30-25(27-24(29)18-11-13-21(26)14-12-18)28-16-19-7-3-5-9-22(19)23-10-6-4-8-20(23)17-28/h3-14H,2,15-17H2,1H3. The highest BCUT2D eigenvalue weighted by Gasteiger charge is 2.23. The van der Waals surface area contributed by atoms with E-state index in [0.717, 1.165) is 6.42 Å². The van der Waals surface area contributed by atoms with E-state index in [1.165, 1.54) is 22.3 Å². The number of ether oxygens (including phenoxy) is 1. The lowest BCUT2D eigenvalue weighted by Gasteiger charge is -2.24. The van der Waals surface area contributed by atoms with Gasteiger partial charge in [-0.05, 0) is 52.9 Å². The van der Waals surface area contributed by atoms with Gasteiger partial charge in [-0.25, -0.2) is 0 Å². The molecule has 0 unspecified atom stereocenters. The van der Waals surface area contributed by atoms with Crippen LogP contribution in [0.5, 0.6) is 0 Å². The highest BCUT2D eigenvalue weighted by Crippen LogP contribution is 2.32. The number of amidine groups is 1. The lowest BCUT2D eigenvalue weighted by Crippen LogP contribution is -2.32. The molecule has 1 aliphatic heterocycles. The molecule has 0 spiro atoms. The van der Waals surface area contributed by atoms with Gasteiger partial charge >= 0.3 is 0 Å². The van der Waals surface area contributed by atoms with Crippen molar-refractivity contribution in [3.05, 3.63) is 94.5 Å². The van der Waals surface area contributed by atoms with Crippen LogP contribution in [-0.2, 0) is 17.8 Å². The summed E-state index contributed by atoms with van der Waals surface area (Å²) in [6, 6.07) is 23.8. The number of hydrogen-bond acceptors (Lipinski definition) is 2. The number of halogens is 1. The van der Waals surface area contributed by atoms with Gasteiger partial charge in [0.1, 0.15) is 0 Å². The van der Waals surface area contributed by atoms with Crippen molar-refractivity contribution in [2.75, 3.05) is 6.61 Å². The molecule has 1 amide bonds. The smallest absolute Gasteiger partial charge is 0.296 e. The summed E-state index contributed by atoms with van der Waals surface area (Å²) in [5.74, 6) is -0.344. The van der Waals surface area contributed by atoms with Crippen molar-refractivity contribution in [2.24, 2.45) is 4.99 Å². The lowest BCUT2D eigenvalue weighted by molar-refractivity contribution is 0.0992. The number of carbonyl (C=O) groups is 1. The van der Waals surface area contributed by atoms with Crippen molar-refractivity contribution >= 4 is 23.5 Å². The maximum absolute atomic E-state index is 12.8. The zero-order chi connectivity index (χ0) is 20.9. The van der Waals surface area contributed by atoms with Crippen LogP contribution >= 0.6 is 11.6 Å². The van der Waals surface area contributed by atoms with Crippen molar-refractivity contribution in [3.8, 4) is 11.1 Å². The fraction of sp³-hybridized carbons (Fsp3) is 0.200. The number of benzene rings is 3. The first-order valence-corrected chi connectivity index (χ1v) is 10.5. The molecule has 0 aromatic heterocycles. The molecule has 0 radical (unpaired) electrons. The summed E-state index contributed by atoms with van der Waals surface area (Å²) in [7, 11) is 0. The highest BCUT2D eigenvalue weighted by atomic mass is 35.5. The fourth-order valence-corrected chi connectivity index (χ4v) is 3.70. The van der Waals surface area contributed by atoms with E-state index in [1.54, 1.807) is 24.3 Å². The van der Waals surface area contributed by atoms with E-state index in [-0.39, 0.29) is 5.91 Å². The third kappa shape index (κ3) is 4.39. The summed E-state index contributed by atoms with van der Waals surface area (Å²) in [6.45, 7) is 3.75. The van der Waals surface area contributed by atoms with Crippen LogP contribution < -0.4 is 0 Å². The van der Waals surface area contributed by atoms with Gasteiger partial charge in [0.2, 0.25) is 0 Å². The van der Waals surface area contributed by atoms with Gasteiger partial charge in [0.15, 0.2) is 0 Å². The molecule has 1 heterocycles. The van der Waals surface area contributed by atoms with Gasteiger partial charge in [-0.1, -0.05) is 67.1 Å². The van der Waals surface area contributed by atoms with Crippen molar-refractivity contribution in [1.29, 1.82) is 0 Å². The molecule has 1 aliphatic rings. The van der Waals surface area contributed by atoms with Crippen LogP contribution in [0.3, 0.4) is 0 Å². The number of fused-ring (bicyclic) bond motifs is 3. The molecule has 0 bridgehead atoms. The van der Waals surface area contributed by atoms with Gasteiger partial charge in [0.25, 0.3) is 11.9 Å². The maximum Gasteiger partial charge on any atom is 0.296 e. The number of amides is 1. The number of aliphatic imine (C=N–C) groups is 1. The Morgan fingerprint density at radius 2 is 1.50 bits per heavy atom. The Morgan fingerprint density at radius 3 is 2.07 bits per heavy atom. The van der Waals surface area contributed by atoms with Gasteiger partial charge in [-0.2, -0.15) is 4.99 Å². The molecule has 4 rings (SSSR count). The number of rotatable bonds is 3. The summed E-state index contributed by atoms with van der Waals surface area (Å²) in [4.78, 5) is 19.2. The van der Waals surface area contributed by atoms with Crippen molar-refractivity contribution in [1.82, 2.24) is 4.90 Å². The molecule has 0 aliphatic carbocycles. The molecule has 0 N–H and O–H groups in total. The zero-order valence-electron chi connectivity index (χ0n) is 16.8. The third-order valence-corrected chi connectivity index (χ3v) is 5.29. The van der Waals surface area contributed by atoms with Crippen LogP contribution in [0.1, 0.15) is 34.8 Å². The fourth-order valence-electron chi connectivity index (χ4n) is 3.58. The second kappa shape index (κ2) is 9.14. The predicted octanol–water partition coefficient (Wildman–Crippen LogP) is 5.95. The molecular formula is C25H23ClN2O2. The van der Waals surface area contributed by atoms with E-state index >= 15 is 0 Å².